The number of rotatable bonds is 12. The summed E-state index contributed by atoms with van der Waals surface area (Å²) in [5, 5.41) is 17.2. The minimum absolute atomic E-state index is 0.0795. The molecule has 8 bridgehead atoms. The first-order valence-corrected chi connectivity index (χ1v) is 26.7. The molecule has 0 saturated heterocycles. The van der Waals surface area contributed by atoms with Gasteiger partial charge < -0.3 is 45.7 Å². The third-order valence-corrected chi connectivity index (χ3v) is 15.1. The van der Waals surface area contributed by atoms with Crippen LogP contribution in [0.15, 0.2) is 212 Å². The maximum absolute atomic E-state index is 6.35. The van der Waals surface area contributed by atoms with Crippen molar-refractivity contribution < 1.29 is 9.47 Å². The van der Waals surface area contributed by atoms with Crippen LogP contribution in [0.5, 0.6) is 11.5 Å². The fourth-order valence-electron chi connectivity index (χ4n) is 11.5. The number of imidazole rings is 1. The van der Waals surface area contributed by atoms with Crippen LogP contribution in [0.2, 0.25) is 0 Å². The van der Waals surface area contributed by atoms with Gasteiger partial charge in [-0.2, -0.15) is 0 Å². The molecular formula is C67H56N8O2. The summed E-state index contributed by atoms with van der Waals surface area (Å²) in [6.07, 6.45) is 19.4. The molecule has 14 rings (SSSR count). The van der Waals surface area contributed by atoms with Crippen molar-refractivity contribution in [2.24, 2.45) is 0 Å². The third kappa shape index (κ3) is 8.73. The fraction of sp³-hybridized carbons (Fsp3) is 0.119. The SMILES string of the molecule is C1=Cc2c(c3c(c4[nH]c(-c5ccc(OCCCCOc6ccc(/C7=C8\C=CC(N8)/C(c8ccccc8)=c8/cc/c([nH]8)=C(\c8ccccc8)C8C=C/C(=C(\c9ccccc9)c9ccc7[nH]9)N8)cc6)cc5)nc24)C=CCN3)NC1. The van der Waals surface area contributed by atoms with E-state index in [4.69, 9.17) is 14.5 Å². The Balaban J connectivity index is 0.710. The maximum atomic E-state index is 6.35. The van der Waals surface area contributed by atoms with Gasteiger partial charge in [0.05, 0.1) is 47.7 Å². The topological polar surface area (TPSA) is 127 Å². The Hall–Kier alpha value is -9.67. The lowest BCUT2D eigenvalue weighted by molar-refractivity contribution is 0.266. The Morgan fingerprint density at radius 1 is 0.442 bits per heavy atom. The Morgan fingerprint density at radius 3 is 1.47 bits per heavy atom. The molecule has 5 aliphatic rings. The zero-order valence-electron chi connectivity index (χ0n) is 42.4. The number of allylic oxidation sites excluding steroid dienone is 2. The lowest BCUT2D eigenvalue weighted by Crippen LogP contribution is -2.31. The van der Waals surface area contributed by atoms with Crippen molar-refractivity contribution in [3.8, 4) is 22.9 Å². The highest BCUT2D eigenvalue weighted by Crippen LogP contribution is 2.43. The highest BCUT2D eigenvalue weighted by molar-refractivity contribution is 6.07. The lowest BCUT2D eigenvalue weighted by Gasteiger charge is -2.23. The van der Waals surface area contributed by atoms with E-state index in [9.17, 15) is 0 Å². The van der Waals surface area contributed by atoms with E-state index in [1.807, 2.05) is 12.1 Å². The number of nitrogens with zero attached hydrogens (tertiary/aromatic N) is 1. The standard InChI is InChI=1S/C67H56N8O2/c1-4-14-42(15-5-1)59-51-30-32-53(70-51)60(43-16-6-2-7-17-43)55-34-36-57(72-55)62(58-37-35-56(73-58)61(44-18-8-3-9-19-44)54-33-31-52(59)71-54)45-22-26-47(27-23-45)76-40-10-11-41-77-48-28-24-46(25-29-48)67-74-65-49-20-12-38-68-63(49)64-50(66(65)75-67)21-13-39-69-64/h1-9,12-37,51,56,68-73H,10-11,38-41H2,(H,74,75)/b59-52-,60-53-,61-54-,62-58-. The van der Waals surface area contributed by atoms with E-state index >= 15 is 0 Å². The number of hydrogen-bond acceptors (Lipinski definition) is 7. The second-order valence-electron chi connectivity index (χ2n) is 19.9. The molecule has 77 heavy (non-hydrogen) atoms. The van der Waals surface area contributed by atoms with E-state index < -0.39 is 0 Å². The summed E-state index contributed by atoms with van der Waals surface area (Å²) in [6, 6.07) is 57.5. The molecular weight excluding hydrogens is 949 g/mol. The average molecular weight is 1010 g/mol. The number of H-pyrrole nitrogens is 3. The molecule has 5 aliphatic heterocycles. The lowest BCUT2D eigenvalue weighted by atomic mass is 9.98. The van der Waals surface area contributed by atoms with E-state index in [1.54, 1.807) is 0 Å². The number of benzene rings is 6. The van der Waals surface area contributed by atoms with Crippen molar-refractivity contribution in [2.75, 3.05) is 36.9 Å². The van der Waals surface area contributed by atoms with Crippen LogP contribution in [0.25, 0.3) is 56.9 Å². The first-order valence-electron chi connectivity index (χ1n) is 26.7. The molecule has 0 spiro atoms. The summed E-state index contributed by atoms with van der Waals surface area (Å²) in [7, 11) is 0. The first kappa shape index (κ1) is 45.9. The smallest absolute Gasteiger partial charge is 0.138 e. The molecule has 6 aromatic carbocycles. The van der Waals surface area contributed by atoms with E-state index in [2.05, 4.69) is 236 Å². The number of aromatic nitrogens is 4. The number of unbranched alkanes of at least 4 members (excludes halogenated alkanes) is 1. The number of nitrogens with one attached hydrogen (secondary N) is 7. The Kier molecular flexibility index (Phi) is 11.9. The van der Waals surface area contributed by atoms with Crippen LogP contribution in [0.4, 0.5) is 11.4 Å². The zero-order chi connectivity index (χ0) is 51.1. The van der Waals surface area contributed by atoms with Gasteiger partial charge in [0.2, 0.25) is 0 Å². The molecule has 7 N–H and O–H groups in total. The first-order chi connectivity index (χ1) is 38.2. The Bertz CT molecular complexity index is 3960. The number of hydrogen-bond donors (Lipinski definition) is 7. The van der Waals surface area contributed by atoms with Crippen molar-refractivity contribution >= 4 is 56.9 Å². The van der Waals surface area contributed by atoms with Gasteiger partial charge >= 0.3 is 0 Å². The molecule has 0 radical (unpaired) electrons. The minimum Gasteiger partial charge on any atom is -0.494 e. The number of anilines is 2. The molecule has 10 nitrogen and oxygen atoms in total. The van der Waals surface area contributed by atoms with Gasteiger partial charge in [-0.25, -0.2) is 4.98 Å². The van der Waals surface area contributed by atoms with Crippen LogP contribution in [0, 0.1) is 0 Å². The summed E-state index contributed by atoms with van der Waals surface area (Å²) >= 11 is 0. The van der Waals surface area contributed by atoms with Gasteiger partial charge in [0.25, 0.3) is 0 Å². The highest BCUT2D eigenvalue weighted by Gasteiger charge is 2.28. The van der Waals surface area contributed by atoms with Gasteiger partial charge in [0.15, 0.2) is 0 Å². The van der Waals surface area contributed by atoms with E-state index in [1.165, 1.54) is 11.1 Å². The van der Waals surface area contributed by atoms with Gasteiger partial charge in [-0.05, 0) is 108 Å². The Labute approximate surface area is 446 Å². The van der Waals surface area contributed by atoms with Gasteiger partial charge in [-0.3, -0.25) is 0 Å². The van der Waals surface area contributed by atoms with Crippen LogP contribution in [-0.4, -0.2) is 58.3 Å². The van der Waals surface area contributed by atoms with E-state index in [0.717, 1.165) is 149 Å². The normalized spacial score (nSPS) is 20.3. The van der Waals surface area contributed by atoms with Gasteiger partial charge in [0.1, 0.15) is 17.3 Å². The van der Waals surface area contributed by atoms with Crippen molar-refractivity contribution in [1.29, 1.82) is 0 Å². The summed E-state index contributed by atoms with van der Waals surface area (Å²) in [5.74, 6) is 2.50. The second-order valence-corrected chi connectivity index (χ2v) is 19.9. The summed E-state index contributed by atoms with van der Waals surface area (Å²) in [6.45, 7) is 2.79. The monoisotopic (exact) mass is 1000 g/mol. The van der Waals surface area contributed by atoms with Crippen molar-refractivity contribution in [2.45, 2.75) is 24.9 Å². The molecule has 376 valence electrons. The van der Waals surface area contributed by atoms with Crippen LogP contribution < -0.4 is 41.4 Å². The van der Waals surface area contributed by atoms with Gasteiger partial charge in [0, 0.05) is 85.6 Å². The van der Waals surface area contributed by atoms with E-state index in [-0.39, 0.29) is 12.1 Å². The number of fused-ring (bicyclic) bond motifs is 14. The highest BCUT2D eigenvalue weighted by atomic mass is 16.5. The molecule has 0 amide bonds. The number of aromatic amines is 3. The summed E-state index contributed by atoms with van der Waals surface area (Å²) in [5.41, 5.74) is 20.7. The molecule has 2 atom stereocenters. The average Bonchev–Trinajstić information content (AvgIpc) is 4.42. The van der Waals surface area contributed by atoms with Crippen LogP contribution in [-0.2, 0) is 0 Å². The van der Waals surface area contributed by atoms with Gasteiger partial charge in [-0.15, -0.1) is 0 Å². The molecule has 0 fully saturated rings. The summed E-state index contributed by atoms with van der Waals surface area (Å²) < 4.78 is 12.6. The maximum Gasteiger partial charge on any atom is 0.138 e. The fourth-order valence-corrected chi connectivity index (χ4v) is 11.5. The molecule has 3 aromatic heterocycles. The second kappa shape index (κ2) is 19.9. The quantitative estimate of drug-likeness (QED) is 0.0608. The van der Waals surface area contributed by atoms with Crippen molar-refractivity contribution in [3.63, 3.8) is 0 Å². The summed E-state index contributed by atoms with van der Waals surface area (Å²) in [4.78, 5) is 16.5. The predicted molar refractivity (Wildman–Crippen MR) is 313 cm³/mol. The molecule has 0 aliphatic carbocycles. The Morgan fingerprint density at radius 2 is 0.922 bits per heavy atom. The van der Waals surface area contributed by atoms with Crippen LogP contribution >= 0.6 is 0 Å². The molecule has 8 heterocycles. The minimum atomic E-state index is -0.108. The van der Waals surface area contributed by atoms with Crippen LogP contribution in [0.1, 0.15) is 57.6 Å². The molecule has 10 heteroatoms. The largest absolute Gasteiger partial charge is 0.494 e. The zero-order valence-corrected chi connectivity index (χ0v) is 42.4. The molecule has 0 saturated carbocycles. The van der Waals surface area contributed by atoms with E-state index in [0.29, 0.717) is 13.2 Å². The predicted octanol–water partition coefficient (Wildman–Crippen LogP) is 11.7. The van der Waals surface area contributed by atoms with Gasteiger partial charge in [-0.1, -0.05) is 140 Å². The van der Waals surface area contributed by atoms with Crippen molar-refractivity contribution in [3.05, 3.63) is 267 Å². The van der Waals surface area contributed by atoms with Crippen LogP contribution in [0.3, 0.4) is 0 Å². The molecule has 9 aromatic rings. The number of ether oxygens (including phenoxy) is 2. The van der Waals surface area contributed by atoms with Crippen molar-refractivity contribution in [1.82, 2.24) is 30.6 Å². The molecule has 2 unspecified atom stereocenters. The third-order valence-electron chi connectivity index (χ3n) is 15.1.